The molecular weight excluding hydrogens is 802 g/mol. The molecule has 3 heterocycles. The summed E-state index contributed by atoms with van der Waals surface area (Å²) >= 11 is 0. The first kappa shape index (κ1) is 44.3. The number of hydrogen-bond donors (Lipinski definition) is 12. The van der Waals surface area contributed by atoms with Gasteiger partial charge in [0.25, 0.3) is 0 Å². The molecule has 7 rings (SSSR count). The lowest BCUT2D eigenvalue weighted by Crippen LogP contribution is -2.68. The average Bonchev–Trinajstić information content (AvgIpc) is 3.21. The van der Waals surface area contributed by atoms with Crippen LogP contribution in [0.15, 0.2) is 18.2 Å². The van der Waals surface area contributed by atoms with E-state index in [1.54, 1.807) is 0 Å². The molecule has 2 aromatic rings. The van der Waals surface area contributed by atoms with E-state index < -0.39 is 164 Å². The van der Waals surface area contributed by atoms with Crippen LogP contribution in [0.4, 0.5) is 0 Å². The summed E-state index contributed by atoms with van der Waals surface area (Å²) in [7, 11) is 1.29. The third-order valence-electron chi connectivity index (χ3n) is 12.2. The Morgan fingerprint density at radius 3 is 2.28 bits per heavy atom. The molecule has 15 unspecified atom stereocenters. The molecule has 5 aliphatic rings. The maximum absolute atomic E-state index is 14.0. The Hall–Kier alpha value is -3.75. The van der Waals surface area contributed by atoms with Gasteiger partial charge in [-0.05, 0) is 19.9 Å². The Labute approximate surface area is 341 Å². The minimum atomic E-state index is -2.54. The number of aliphatic hydroxyl groups is 9. The lowest BCUT2D eigenvalue weighted by Gasteiger charge is -2.47. The van der Waals surface area contributed by atoms with Crippen LogP contribution in [0.2, 0.25) is 0 Å². The molecule has 0 amide bonds. The van der Waals surface area contributed by atoms with Crippen molar-refractivity contribution in [2.75, 3.05) is 26.9 Å². The van der Waals surface area contributed by atoms with Gasteiger partial charge in [-0.25, -0.2) is 0 Å². The van der Waals surface area contributed by atoms with Crippen LogP contribution in [-0.4, -0.2) is 185 Å². The highest BCUT2D eigenvalue weighted by Crippen LogP contribution is 2.52. The number of benzene rings is 2. The largest absolute Gasteiger partial charge is 0.507 e. The molecule has 0 aromatic heterocycles. The fourth-order valence-corrected chi connectivity index (χ4v) is 8.64. The number of Topliss-reactive ketones (excluding diaryl/α,β-unsaturated/α-hetero) is 1. The topological polar surface area (TPSA) is 341 Å². The van der Waals surface area contributed by atoms with E-state index in [2.05, 4.69) is 5.32 Å². The van der Waals surface area contributed by atoms with E-state index in [0.717, 1.165) is 6.92 Å². The number of phenols is 2. The Morgan fingerprint density at radius 1 is 0.917 bits per heavy atom. The van der Waals surface area contributed by atoms with Crippen LogP contribution in [0.3, 0.4) is 0 Å². The predicted octanol–water partition coefficient (Wildman–Crippen LogP) is -3.71. The number of ether oxygens (including phenoxy) is 6. The fourth-order valence-electron chi connectivity index (χ4n) is 8.64. The lowest BCUT2D eigenvalue weighted by atomic mass is 9.72. The number of carbonyl (C=O) groups excluding carboxylic acids is 3. The summed E-state index contributed by atoms with van der Waals surface area (Å²) in [6.07, 6.45) is -20.4. The number of ketones is 3. The Bertz CT molecular complexity index is 2010. The van der Waals surface area contributed by atoms with Crippen LogP contribution in [-0.2, 0) is 34.9 Å². The highest BCUT2D eigenvalue weighted by Gasteiger charge is 2.54. The van der Waals surface area contributed by atoms with Crippen molar-refractivity contribution in [3.63, 3.8) is 0 Å². The van der Waals surface area contributed by atoms with Crippen LogP contribution in [0.1, 0.15) is 75.8 Å². The molecule has 15 atom stereocenters. The van der Waals surface area contributed by atoms with Crippen LogP contribution >= 0.6 is 0 Å². The van der Waals surface area contributed by atoms with Gasteiger partial charge in [0.15, 0.2) is 24.1 Å². The molecule has 330 valence electrons. The summed E-state index contributed by atoms with van der Waals surface area (Å²) in [5.74, 6) is -6.37. The van der Waals surface area contributed by atoms with Gasteiger partial charge in [0.2, 0.25) is 11.6 Å². The van der Waals surface area contributed by atoms with E-state index in [9.17, 15) is 70.6 Å². The number of nitrogens with one attached hydrogen (secondary N) is 1. The first-order chi connectivity index (χ1) is 28.3. The van der Waals surface area contributed by atoms with Crippen molar-refractivity contribution >= 4 is 17.3 Å². The number of fused-ring (bicyclic) bond motifs is 3. The van der Waals surface area contributed by atoms with Crippen molar-refractivity contribution < 1.29 is 99.0 Å². The zero-order chi connectivity index (χ0) is 43.7. The number of rotatable bonds is 10. The number of carbonyl (C=O) groups is 3. The second kappa shape index (κ2) is 16.5. The average molecular weight is 852 g/mol. The van der Waals surface area contributed by atoms with Gasteiger partial charge in [0, 0.05) is 42.0 Å². The first-order valence-corrected chi connectivity index (χ1v) is 19.3. The molecule has 0 bridgehead atoms. The summed E-state index contributed by atoms with van der Waals surface area (Å²) in [6.45, 7) is 0.536. The Balaban J connectivity index is 1.13. The van der Waals surface area contributed by atoms with Crippen molar-refractivity contribution in [3.8, 4) is 17.2 Å². The van der Waals surface area contributed by atoms with E-state index in [4.69, 9.17) is 28.4 Å². The molecule has 0 spiro atoms. The van der Waals surface area contributed by atoms with Crippen molar-refractivity contribution in [2.24, 2.45) is 0 Å². The SMILES string of the molecule is COc1cccc2c1C(=O)c1c(O)c3c(c(O)c1C2=O)CC(O)(C(C)=O)CC3OC1CC(NCC2(O)OCC(O)C(OC3OC(CO)C(O)C(O)C3O)C2O)C(O)C(C)O1. The van der Waals surface area contributed by atoms with Crippen molar-refractivity contribution in [1.82, 2.24) is 5.32 Å². The molecular formula is C39H49NO20. The number of hydrogen-bond acceptors (Lipinski definition) is 21. The van der Waals surface area contributed by atoms with Crippen molar-refractivity contribution in [1.29, 1.82) is 0 Å². The van der Waals surface area contributed by atoms with E-state index >= 15 is 0 Å². The minimum Gasteiger partial charge on any atom is -0.507 e. The minimum absolute atomic E-state index is 0.0392. The van der Waals surface area contributed by atoms with E-state index in [0.29, 0.717) is 0 Å². The summed E-state index contributed by atoms with van der Waals surface area (Å²) in [6, 6.07) is 3.25. The molecule has 21 nitrogen and oxygen atoms in total. The highest BCUT2D eigenvalue weighted by molar-refractivity contribution is 6.31. The van der Waals surface area contributed by atoms with Crippen LogP contribution < -0.4 is 10.1 Å². The third kappa shape index (κ3) is 7.39. The van der Waals surface area contributed by atoms with Crippen LogP contribution in [0.5, 0.6) is 17.2 Å². The summed E-state index contributed by atoms with van der Waals surface area (Å²) in [4.78, 5) is 40.6. The van der Waals surface area contributed by atoms with Gasteiger partial charge in [0.05, 0.1) is 61.9 Å². The van der Waals surface area contributed by atoms with Crippen LogP contribution in [0.25, 0.3) is 0 Å². The molecule has 3 saturated heterocycles. The van der Waals surface area contributed by atoms with Crippen molar-refractivity contribution in [3.05, 3.63) is 51.6 Å². The Morgan fingerprint density at radius 2 is 1.62 bits per heavy atom. The van der Waals surface area contributed by atoms with Gasteiger partial charge in [-0.1, -0.05) is 12.1 Å². The fraction of sp³-hybridized carbons (Fsp3) is 0.615. The summed E-state index contributed by atoms with van der Waals surface area (Å²) in [5.41, 5.74) is -3.93. The number of aliphatic hydroxyl groups excluding tert-OH is 7. The zero-order valence-electron chi connectivity index (χ0n) is 32.6. The number of aromatic hydroxyl groups is 2. The number of phenolic OH excluding ortho intramolecular Hbond substituents is 2. The smallest absolute Gasteiger partial charge is 0.207 e. The molecule has 60 heavy (non-hydrogen) atoms. The van der Waals surface area contributed by atoms with E-state index in [1.807, 2.05) is 0 Å². The maximum atomic E-state index is 14.0. The number of methoxy groups -OCH3 is 1. The molecule has 2 aliphatic carbocycles. The molecule has 2 aromatic carbocycles. The third-order valence-corrected chi connectivity index (χ3v) is 12.2. The second-order valence-electron chi connectivity index (χ2n) is 15.9. The second-order valence-corrected chi connectivity index (χ2v) is 15.9. The normalized spacial score (nSPS) is 39.1. The predicted molar refractivity (Wildman–Crippen MR) is 196 cm³/mol. The van der Waals surface area contributed by atoms with E-state index in [-0.39, 0.29) is 34.4 Å². The Kier molecular flexibility index (Phi) is 12.2. The standard InChI is InChI=1S/C39H49NO20/c1-13-27(44)17(40-12-39(54)36(52)35(18(43)11-56-39)60-37-34(51)33(50)30(47)21(10-41)59-37)7-22(57-13)58-20-9-38(53,14(2)42)8-16-24(20)32(49)26-25(29(16)46)28(45)15-5-4-6-19(55-3)23(15)31(26)48/h4-6,13,17-18,20-22,27,30,33-37,40-41,43-44,46-47,49-54H,7-12H2,1-3H3. The monoisotopic (exact) mass is 851 g/mol. The van der Waals surface area contributed by atoms with Gasteiger partial charge >= 0.3 is 0 Å². The molecule has 0 radical (unpaired) electrons. The first-order valence-electron chi connectivity index (χ1n) is 19.3. The van der Waals surface area contributed by atoms with Gasteiger partial charge in [-0.15, -0.1) is 0 Å². The quantitative estimate of drug-likeness (QED) is 0.0873. The highest BCUT2D eigenvalue weighted by atomic mass is 16.7. The summed E-state index contributed by atoms with van der Waals surface area (Å²) in [5, 5.41) is 123. The van der Waals surface area contributed by atoms with Gasteiger partial charge in [0.1, 0.15) is 65.6 Å². The maximum Gasteiger partial charge on any atom is 0.207 e. The van der Waals surface area contributed by atoms with Gasteiger partial charge in [-0.3, -0.25) is 14.4 Å². The van der Waals surface area contributed by atoms with Crippen LogP contribution in [0, 0.1) is 0 Å². The molecule has 0 saturated carbocycles. The van der Waals surface area contributed by atoms with Gasteiger partial charge < -0.3 is 89.9 Å². The molecule has 12 N–H and O–H groups in total. The van der Waals surface area contributed by atoms with Gasteiger partial charge in [-0.2, -0.15) is 0 Å². The molecule has 3 aliphatic heterocycles. The van der Waals surface area contributed by atoms with Crippen molar-refractivity contribution in [2.45, 2.75) is 124 Å². The summed E-state index contributed by atoms with van der Waals surface area (Å²) < 4.78 is 33.8. The molecule has 3 fully saturated rings. The zero-order valence-corrected chi connectivity index (χ0v) is 32.6. The lowest BCUT2D eigenvalue weighted by molar-refractivity contribution is -0.367. The molecule has 21 heteroatoms. The van der Waals surface area contributed by atoms with E-state index in [1.165, 1.54) is 32.2 Å².